The van der Waals surface area contributed by atoms with Gasteiger partial charge in [-0.05, 0) is 43.5 Å². The number of hydrogen-bond acceptors (Lipinski definition) is 4. The van der Waals surface area contributed by atoms with Gasteiger partial charge in [-0.2, -0.15) is 0 Å². The summed E-state index contributed by atoms with van der Waals surface area (Å²) >= 11 is 0. The molecule has 1 atom stereocenters. The molecule has 1 saturated heterocycles. The van der Waals surface area contributed by atoms with Crippen LogP contribution < -0.4 is 10.1 Å². The first-order valence-electron chi connectivity index (χ1n) is 9.30. The van der Waals surface area contributed by atoms with Gasteiger partial charge >= 0.3 is 0 Å². The first kappa shape index (κ1) is 19.9. The number of rotatable bonds is 8. The number of benzene rings is 1. The second-order valence-corrected chi connectivity index (χ2v) is 6.68. The van der Waals surface area contributed by atoms with E-state index in [4.69, 9.17) is 4.74 Å². The third-order valence-corrected chi connectivity index (χ3v) is 4.40. The van der Waals surface area contributed by atoms with Gasteiger partial charge in [0.2, 0.25) is 11.8 Å². The third kappa shape index (κ3) is 6.17. The predicted molar refractivity (Wildman–Crippen MR) is 99.2 cm³/mol. The van der Waals surface area contributed by atoms with Gasteiger partial charge in [0.1, 0.15) is 5.75 Å². The molecule has 1 unspecified atom stereocenters. The van der Waals surface area contributed by atoms with Gasteiger partial charge in [0, 0.05) is 44.5 Å². The predicted octanol–water partition coefficient (Wildman–Crippen LogP) is 2.57. The van der Waals surface area contributed by atoms with Crippen LogP contribution in [0.15, 0.2) is 24.3 Å². The Labute approximate surface area is 154 Å². The number of ether oxygens (including phenoxy) is 1. The number of amides is 2. The summed E-state index contributed by atoms with van der Waals surface area (Å²) < 4.78 is 5.50. The molecule has 1 aliphatic rings. The molecule has 0 radical (unpaired) electrons. The highest BCUT2D eigenvalue weighted by Crippen LogP contribution is 2.16. The topological polar surface area (TPSA) is 75.7 Å². The van der Waals surface area contributed by atoms with E-state index in [1.165, 1.54) is 6.92 Å². The van der Waals surface area contributed by atoms with Crippen LogP contribution in [0.1, 0.15) is 56.3 Å². The summed E-state index contributed by atoms with van der Waals surface area (Å²) in [5.41, 5.74) is 0.594. The molecule has 1 aliphatic heterocycles. The first-order valence-corrected chi connectivity index (χ1v) is 9.30. The van der Waals surface area contributed by atoms with E-state index in [0.29, 0.717) is 25.3 Å². The summed E-state index contributed by atoms with van der Waals surface area (Å²) in [6, 6.07) is 7.06. The number of nitrogens with zero attached hydrogens (tertiary/aromatic N) is 1. The number of carbonyl (C=O) groups excluding carboxylic acids is 3. The van der Waals surface area contributed by atoms with Crippen LogP contribution in [0.2, 0.25) is 0 Å². The van der Waals surface area contributed by atoms with Crippen molar-refractivity contribution in [2.45, 2.75) is 52.0 Å². The van der Waals surface area contributed by atoms with Crippen molar-refractivity contribution in [1.82, 2.24) is 10.2 Å². The van der Waals surface area contributed by atoms with Gasteiger partial charge in [0.15, 0.2) is 5.78 Å². The lowest BCUT2D eigenvalue weighted by Crippen LogP contribution is -2.49. The zero-order valence-corrected chi connectivity index (χ0v) is 15.6. The number of piperidine rings is 1. The molecule has 1 fully saturated rings. The van der Waals surface area contributed by atoms with Gasteiger partial charge in [0.05, 0.1) is 6.61 Å². The minimum absolute atomic E-state index is 0.0107. The Balaban J connectivity index is 1.80. The lowest BCUT2D eigenvalue weighted by atomic mass is 10.0. The second-order valence-electron chi connectivity index (χ2n) is 6.68. The Bertz CT molecular complexity index is 627. The van der Waals surface area contributed by atoms with Crippen molar-refractivity contribution >= 4 is 17.6 Å². The quantitative estimate of drug-likeness (QED) is 0.723. The van der Waals surface area contributed by atoms with Gasteiger partial charge < -0.3 is 15.0 Å². The maximum atomic E-state index is 12.4. The summed E-state index contributed by atoms with van der Waals surface area (Å²) in [6.45, 7) is 5.38. The van der Waals surface area contributed by atoms with Crippen LogP contribution >= 0.6 is 0 Å². The molecule has 1 aromatic carbocycles. The number of carbonyl (C=O) groups is 3. The van der Waals surface area contributed by atoms with Crippen LogP contribution in [0.4, 0.5) is 0 Å². The maximum Gasteiger partial charge on any atom is 0.223 e. The zero-order valence-electron chi connectivity index (χ0n) is 15.6. The van der Waals surface area contributed by atoms with Crippen LogP contribution in [0, 0.1) is 0 Å². The average Bonchev–Trinajstić information content (AvgIpc) is 2.64. The second kappa shape index (κ2) is 9.94. The minimum atomic E-state index is -0.0779. The van der Waals surface area contributed by atoms with Gasteiger partial charge in [-0.25, -0.2) is 0 Å². The van der Waals surface area contributed by atoms with E-state index in [9.17, 15) is 14.4 Å². The Morgan fingerprint density at radius 3 is 2.58 bits per heavy atom. The molecular weight excluding hydrogens is 332 g/mol. The highest BCUT2D eigenvalue weighted by Gasteiger charge is 2.24. The van der Waals surface area contributed by atoms with Crippen molar-refractivity contribution in [3.05, 3.63) is 29.8 Å². The van der Waals surface area contributed by atoms with E-state index < -0.39 is 0 Å². The van der Waals surface area contributed by atoms with Gasteiger partial charge in [-0.1, -0.05) is 6.92 Å². The molecule has 0 saturated carbocycles. The maximum absolute atomic E-state index is 12.4. The van der Waals surface area contributed by atoms with Crippen molar-refractivity contribution in [2.24, 2.45) is 0 Å². The number of Topliss-reactive ketones (excluding diaryl/α,β-unsaturated/α-hetero) is 1. The largest absolute Gasteiger partial charge is 0.494 e. The average molecular weight is 360 g/mol. The van der Waals surface area contributed by atoms with Gasteiger partial charge in [-0.3, -0.25) is 14.4 Å². The summed E-state index contributed by atoms with van der Waals surface area (Å²) in [4.78, 5) is 37.6. The van der Waals surface area contributed by atoms with Crippen molar-refractivity contribution in [2.75, 3.05) is 19.7 Å². The van der Waals surface area contributed by atoms with Crippen LogP contribution in [0.5, 0.6) is 5.75 Å². The third-order valence-electron chi connectivity index (χ3n) is 4.40. The molecule has 1 heterocycles. The van der Waals surface area contributed by atoms with Crippen molar-refractivity contribution in [3.63, 3.8) is 0 Å². The lowest BCUT2D eigenvalue weighted by Gasteiger charge is -2.33. The van der Waals surface area contributed by atoms with Crippen LogP contribution in [0.3, 0.4) is 0 Å². The molecule has 1 N–H and O–H groups in total. The summed E-state index contributed by atoms with van der Waals surface area (Å²) in [5, 5.41) is 2.87. The summed E-state index contributed by atoms with van der Waals surface area (Å²) in [5.74, 6) is 0.592. The van der Waals surface area contributed by atoms with Crippen LogP contribution in [-0.4, -0.2) is 48.2 Å². The molecular formula is C20H28N2O4. The van der Waals surface area contributed by atoms with Crippen LogP contribution in [-0.2, 0) is 9.59 Å². The fraction of sp³-hybridized carbons (Fsp3) is 0.550. The molecule has 6 nitrogen and oxygen atoms in total. The molecule has 0 bridgehead atoms. The fourth-order valence-corrected chi connectivity index (χ4v) is 3.09. The normalized spacial score (nSPS) is 16.8. The highest BCUT2D eigenvalue weighted by molar-refractivity contribution is 5.98. The SMILES string of the molecule is CCCOc1ccc(C(=O)CCC(=O)N2CCCC(NC(C)=O)C2)cc1. The Morgan fingerprint density at radius 2 is 1.92 bits per heavy atom. The number of likely N-dealkylation sites (tertiary alicyclic amines) is 1. The molecule has 0 aliphatic carbocycles. The van der Waals surface area contributed by atoms with Crippen molar-refractivity contribution in [3.8, 4) is 5.75 Å². The molecule has 26 heavy (non-hydrogen) atoms. The minimum Gasteiger partial charge on any atom is -0.494 e. The molecule has 0 aromatic heterocycles. The van der Waals surface area contributed by atoms with E-state index in [-0.39, 0.29) is 36.5 Å². The smallest absolute Gasteiger partial charge is 0.223 e. The number of hydrogen-bond donors (Lipinski definition) is 1. The van der Waals surface area contributed by atoms with Crippen LogP contribution in [0.25, 0.3) is 0 Å². The fourth-order valence-electron chi connectivity index (χ4n) is 3.09. The highest BCUT2D eigenvalue weighted by atomic mass is 16.5. The lowest BCUT2D eigenvalue weighted by molar-refractivity contribution is -0.133. The van der Waals surface area contributed by atoms with E-state index >= 15 is 0 Å². The van der Waals surface area contributed by atoms with E-state index in [0.717, 1.165) is 25.0 Å². The zero-order chi connectivity index (χ0) is 18.9. The Hall–Kier alpha value is -2.37. The molecule has 2 rings (SSSR count). The summed E-state index contributed by atoms with van der Waals surface area (Å²) in [7, 11) is 0. The van der Waals surface area contributed by atoms with E-state index in [1.807, 2.05) is 6.92 Å². The first-order chi connectivity index (χ1) is 12.5. The van der Waals surface area contributed by atoms with E-state index in [1.54, 1.807) is 29.2 Å². The Morgan fingerprint density at radius 1 is 1.19 bits per heavy atom. The van der Waals surface area contributed by atoms with Crippen molar-refractivity contribution in [1.29, 1.82) is 0 Å². The molecule has 1 aromatic rings. The number of ketones is 1. The molecule has 6 heteroatoms. The van der Waals surface area contributed by atoms with Gasteiger partial charge in [0.25, 0.3) is 0 Å². The molecule has 0 spiro atoms. The number of nitrogens with one attached hydrogen (secondary N) is 1. The summed E-state index contributed by atoms with van der Waals surface area (Å²) in [6.07, 6.45) is 3.07. The monoisotopic (exact) mass is 360 g/mol. The van der Waals surface area contributed by atoms with Crippen molar-refractivity contribution < 1.29 is 19.1 Å². The molecule has 142 valence electrons. The Kier molecular flexibility index (Phi) is 7.63. The standard InChI is InChI=1S/C20H28N2O4/c1-3-13-26-18-8-6-16(7-9-18)19(24)10-11-20(25)22-12-4-5-17(14-22)21-15(2)23/h6-9,17H,3-5,10-14H2,1-2H3,(H,21,23). The van der Waals surface area contributed by atoms with E-state index in [2.05, 4.69) is 5.32 Å². The molecule has 2 amide bonds. The van der Waals surface area contributed by atoms with Gasteiger partial charge in [-0.15, -0.1) is 0 Å².